The number of amidine groups is 1. The van der Waals surface area contributed by atoms with Crippen molar-refractivity contribution in [2.24, 2.45) is 9.98 Å². The number of dihydropyridines is 1. The third kappa shape index (κ3) is 10.3. The highest BCUT2D eigenvalue weighted by atomic mass is 32.2. The predicted octanol–water partition coefficient (Wildman–Crippen LogP) is 9.57. The summed E-state index contributed by atoms with van der Waals surface area (Å²) in [6.45, 7) is 5.16. The number of benzene rings is 3. The van der Waals surface area contributed by atoms with Crippen molar-refractivity contribution < 1.29 is 41.1 Å². The monoisotopic (exact) mass is 783 g/mol. The van der Waals surface area contributed by atoms with Gasteiger partial charge in [0, 0.05) is 53.5 Å². The van der Waals surface area contributed by atoms with Crippen LogP contribution in [0.15, 0.2) is 82.4 Å². The Morgan fingerprint density at radius 1 is 1.04 bits per heavy atom. The van der Waals surface area contributed by atoms with Gasteiger partial charge in [-0.05, 0) is 67.8 Å². The Balaban J connectivity index is 1.33. The number of thioether (sulfide) groups is 1. The number of hydrogen-bond donors (Lipinski definition) is 1. The van der Waals surface area contributed by atoms with Gasteiger partial charge in [0.15, 0.2) is 5.17 Å². The van der Waals surface area contributed by atoms with Crippen molar-refractivity contribution in [2.75, 3.05) is 29.6 Å². The van der Waals surface area contributed by atoms with Crippen LogP contribution in [0.25, 0.3) is 0 Å². The van der Waals surface area contributed by atoms with Gasteiger partial charge < -0.3 is 15.0 Å². The van der Waals surface area contributed by atoms with E-state index in [1.807, 2.05) is 19.1 Å². The molecule has 0 aliphatic carbocycles. The van der Waals surface area contributed by atoms with Crippen LogP contribution in [-0.4, -0.2) is 65.3 Å². The molecule has 2 aliphatic rings. The maximum atomic E-state index is 14.2. The lowest BCUT2D eigenvalue weighted by Crippen LogP contribution is -2.31. The van der Waals surface area contributed by atoms with Crippen molar-refractivity contribution in [1.29, 1.82) is 0 Å². The third-order valence-corrected chi connectivity index (χ3v) is 10.1. The van der Waals surface area contributed by atoms with Crippen LogP contribution in [-0.2, 0) is 22.1 Å². The van der Waals surface area contributed by atoms with Crippen LogP contribution in [0, 0.1) is 13.8 Å². The topological polar surface area (TPSA) is 104 Å². The number of nitrogens with one attached hydrogen (secondary N) is 1. The van der Waals surface area contributed by atoms with Gasteiger partial charge in [-0.1, -0.05) is 62.4 Å². The Bertz CT molecular complexity index is 2030. The minimum absolute atomic E-state index is 0.0157. The van der Waals surface area contributed by atoms with Crippen LogP contribution >= 0.6 is 11.8 Å². The Hall–Kier alpha value is -4.89. The van der Waals surface area contributed by atoms with Gasteiger partial charge in [-0.15, -0.1) is 0 Å². The molecule has 3 aromatic rings. The van der Waals surface area contributed by atoms with Gasteiger partial charge >= 0.3 is 12.2 Å². The number of alkyl halides is 5. The number of carbonyl (C=O) groups excluding carboxylic acids is 3. The number of aliphatic imine (C=N–C) groups is 2. The molecule has 3 aromatic carbocycles. The Labute approximate surface area is 320 Å². The van der Waals surface area contributed by atoms with Gasteiger partial charge in [0.25, 0.3) is 11.8 Å². The molecule has 292 valence electrons. The zero-order chi connectivity index (χ0) is 40.1. The lowest BCUT2D eigenvalue weighted by molar-refractivity contribution is -0.176. The molecule has 0 radical (unpaired) electrons. The first-order chi connectivity index (χ1) is 26.0. The van der Waals surface area contributed by atoms with Gasteiger partial charge in [0.1, 0.15) is 6.61 Å². The normalized spacial score (nSPS) is 17.0. The van der Waals surface area contributed by atoms with E-state index in [9.17, 15) is 36.3 Å². The molecule has 0 bridgehead atoms. The fraction of sp³-hybridized carbons (Fsp3) is 0.375. The van der Waals surface area contributed by atoms with Gasteiger partial charge in [-0.3, -0.25) is 19.5 Å². The van der Waals surface area contributed by atoms with E-state index < -0.39 is 31.3 Å². The fourth-order valence-electron chi connectivity index (χ4n) is 6.17. The van der Waals surface area contributed by atoms with E-state index in [0.717, 1.165) is 41.4 Å². The molecule has 1 unspecified atom stereocenters. The van der Waals surface area contributed by atoms with Gasteiger partial charge in [0.2, 0.25) is 5.91 Å². The van der Waals surface area contributed by atoms with Crippen molar-refractivity contribution in [3.8, 4) is 0 Å². The number of allylic oxidation sites excluding steroid dienone is 1. The summed E-state index contributed by atoms with van der Waals surface area (Å²) < 4.78 is 71.4. The lowest BCUT2D eigenvalue weighted by atomic mass is 9.97. The molecule has 0 spiro atoms. The van der Waals surface area contributed by atoms with E-state index in [1.165, 1.54) is 41.0 Å². The third-order valence-electron chi connectivity index (χ3n) is 9.16. The van der Waals surface area contributed by atoms with E-state index in [4.69, 9.17) is 9.73 Å². The molecule has 1 N–H and O–H groups in total. The summed E-state index contributed by atoms with van der Waals surface area (Å²) in [7, 11) is 1.65. The van der Waals surface area contributed by atoms with E-state index >= 15 is 0 Å². The maximum Gasteiger partial charge on any atom is 0.411 e. The molecule has 2 heterocycles. The quantitative estimate of drug-likeness (QED) is 0.184. The molecule has 0 aromatic heterocycles. The van der Waals surface area contributed by atoms with Crippen molar-refractivity contribution in [1.82, 2.24) is 4.90 Å². The molecule has 1 atom stereocenters. The highest BCUT2D eigenvalue weighted by molar-refractivity contribution is 8.15. The van der Waals surface area contributed by atoms with E-state index in [-0.39, 0.29) is 52.0 Å². The fourth-order valence-corrected chi connectivity index (χ4v) is 7.03. The summed E-state index contributed by atoms with van der Waals surface area (Å²) in [6, 6.07) is 14.8. The van der Waals surface area contributed by atoms with Crippen LogP contribution in [0.5, 0.6) is 0 Å². The average Bonchev–Trinajstić information content (AvgIpc) is 3.50. The SMILES string of the molecule is CCCC1CC(N(C)C(=O)c2ccc(C(F)(F)CC)cc2)=CC(c2ccc(NC(=O)/N=C3\SCC(=O)N3c3cc(C)ccc3COCC(F)(F)F)c(C)c2)=N1. The number of amides is 4. The summed E-state index contributed by atoms with van der Waals surface area (Å²) in [5.74, 6) is -3.71. The molecule has 5 rings (SSSR count). The zero-order valence-electron chi connectivity index (χ0n) is 31.1. The van der Waals surface area contributed by atoms with Crippen LogP contribution in [0.1, 0.15) is 77.7 Å². The van der Waals surface area contributed by atoms with E-state index in [1.54, 1.807) is 51.2 Å². The number of rotatable bonds is 12. The van der Waals surface area contributed by atoms with Gasteiger partial charge in [-0.25, -0.2) is 13.6 Å². The second-order valence-corrected chi connectivity index (χ2v) is 14.4. The van der Waals surface area contributed by atoms with Crippen LogP contribution in [0.3, 0.4) is 0 Å². The zero-order valence-corrected chi connectivity index (χ0v) is 31.9. The molecule has 2 aliphatic heterocycles. The molecule has 1 fully saturated rings. The van der Waals surface area contributed by atoms with Crippen molar-refractivity contribution >= 4 is 51.9 Å². The number of ether oxygens (including phenoxy) is 1. The second kappa shape index (κ2) is 17.3. The number of anilines is 2. The second-order valence-electron chi connectivity index (χ2n) is 13.4. The number of hydrogen-bond acceptors (Lipinski definition) is 6. The summed E-state index contributed by atoms with van der Waals surface area (Å²) in [4.78, 5) is 51.5. The van der Waals surface area contributed by atoms with Crippen molar-refractivity contribution in [3.63, 3.8) is 0 Å². The first-order valence-electron chi connectivity index (χ1n) is 17.7. The highest BCUT2D eigenvalue weighted by Gasteiger charge is 2.34. The summed E-state index contributed by atoms with van der Waals surface area (Å²) in [5, 5.41) is 2.83. The summed E-state index contributed by atoms with van der Waals surface area (Å²) in [5.41, 5.74) is 4.74. The average molecular weight is 784 g/mol. The minimum atomic E-state index is -4.51. The summed E-state index contributed by atoms with van der Waals surface area (Å²) >= 11 is 1.03. The molecular weight excluding hydrogens is 742 g/mol. The molecular formula is C40H42F5N5O4S. The van der Waals surface area contributed by atoms with Gasteiger partial charge in [-0.2, -0.15) is 18.2 Å². The summed E-state index contributed by atoms with van der Waals surface area (Å²) in [6.07, 6.45) is -0.869. The largest absolute Gasteiger partial charge is 0.411 e. The van der Waals surface area contributed by atoms with Crippen LogP contribution in [0.2, 0.25) is 0 Å². The standard InChI is InChI=1S/C40H42F5N5O4S/c1-6-8-30-19-31(49(5)36(52)26-11-14-29(15-12-26)39(41,42)7-2)20-33(46-30)27-13-16-32(25(4)18-27)47-37(53)48-38-50(35(51)22-55-38)34-17-24(3)9-10-28(34)21-54-23-40(43,44)45/h9-18,20,30H,6-8,19,21-23H2,1-5H3,(H,47,53)/b48-38-. The Morgan fingerprint density at radius 3 is 2.42 bits per heavy atom. The number of urea groups is 1. The molecule has 15 heteroatoms. The van der Waals surface area contributed by atoms with E-state index in [0.29, 0.717) is 28.9 Å². The lowest BCUT2D eigenvalue weighted by Gasteiger charge is -2.28. The predicted molar refractivity (Wildman–Crippen MR) is 205 cm³/mol. The van der Waals surface area contributed by atoms with Crippen LogP contribution in [0.4, 0.5) is 38.1 Å². The molecule has 55 heavy (non-hydrogen) atoms. The van der Waals surface area contributed by atoms with Crippen molar-refractivity contribution in [3.05, 3.63) is 106 Å². The number of aryl methyl sites for hydroxylation is 2. The number of carbonyl (C=O) groups is 3. The minimum Gasteiger partial charge on any atom is -0.367 e. The van der Waals surface area contributed by atoms with Crippen LogP contribution < -0.4 is 10.2 Å². The highest BCUT2D eigenvalue weighted by Crippen LogP contribution is 2.34. The molecule has 4 amide bonds. The number of halogens is 5. The Kier molecular flexibility index (Phi) is 13.0. The van der Waals surface area contributed by atoms with Gasteiger partial charge in [0.05, 0.1) is 29.8 Å². The van der Waals surface area contributed by atoms with Crippen molar-refractivity contribution in [2.45, 2.75) is 78.1 Å². The smallest absolute Gasteiger partial charge is 0.367 e. The first kappa shape index (κ1) is 41.3. The van der Waals surface area contributed by atoms with E-state index in [2.05, 4.69) is 10.3 Å². The maximum absolute atomic E-state index is 14.2. The number of nitrogens with zero attached hydrogens (tertiary/aromatic N) is 4. The first-order valence-corrected chi connectivity index (χ1v) is 18.7. The molecule has 1 saturated heterocycles. The molecule has 9 nitrogen and oxygen atoms in total. The Morgan fingerprint density at radius 2 is 1.76 bits per heavy atom. The molecule has 0 saturated carbocycles.